The van der Waals surface area contributed by atoms with Crippen molar-refractivity contribution in [1.82, 2.24) is 0 Å². The third-order valence-electron chi connectivity index (χ3n) is 5.77. The van der Waals surface area contributed by atoms with E-state index in [2.05, 4.69) is 0 Å². The van der Waals surface area contributed by atoms with Gasteiger partial charge in [-0.3, -0.25) is 33.6 Å². The zero-order valence-electron chi connectivity index (χ0n) is 30.2. The summed E-state index contributed by atoms with van der Waals surface area (Å²) in [5.74, 6) is -1.31. The van der Waals surface area contributed by atoms with Crippen molar-refractivity contribution < 1.29 is 43.8 Å². The van der Waals surface area contributed by atoms with Gasteiger partial charge in [-0.15, -0.1) is 0 Å². The molecule has 0 fully saturated rings. The first-order chi connectivity index (χ1) is 20.7. The number of nitrogens with two attached hydrogens (primary N) is 5. The third-order valence-corrected chi connectivity index (χ3v) is 5.77. The minimum absolute atomic E-state index is 0.0356. The van der Waals surface area contributed by atoms with E-state index in [1.807, 2.05) is 27.7 Å². The zero-order valence-corrected chi connectivity index (χ0v) is 30.2. The first kappa shape index (κ1) is 52.8. The lowest BCUT2D eigenvalue weighted by atomic mass is 9.99. The second kappa shape index (κ2) is 29.6. The van der Waals surface area contributed by atoms with Crippen LogP contribution in [0.15, 0.2) is 0 Å². The molecule has 46 heavy (non-hydrogen) atoms. The van der Waals surface area contributed by atoms with Gasteiger partial charge in [-0.05, 0) is 13.8 Å². The summed E-state index contributed by atoms with van der Waals surface area (Å²) in [4.78, 5) is 74.6. The van der Waals surface area contributed by atoms with Crippen LogP contribution in [0.4, 0.5) is 0 Å². The average molecular weight is 664 g/mol. The van der Waals surface area contributed by atoms with Crippen LogP contribution in [0.3, 0.4) is 0 Å². The fourth-order valence-electron chi connectivity index (χ4n) is 2.83. The van der Waals surface area contributed by atoms with Gasteiger partial charge < -0.3 is 38.9 Å². The molecule has 14 heteroatoms. The Labute approximate surface area is 275 Å². The van der Waals surface area contributed by atoms with E-state index >= 15 is 0 Å². The van der Waals surface area contributed by atoms with Gasteiger partial charge >= 0.3 is 5.97 Å². The molecule has 0 aromatic rings. The zero-order chi connectivity index (χ0) is 38.1. The summed E-state index contributed by atoms with van der Waals surface area (Å²) in [5.41, 5.74) is 26.3. The highest BCUT2D eigenvalue weighted by Crippen LogP contribution is 2.02. The summed E-state index contributed by atoms with van der Waals surface area (Å²) < 4.78 is 0. The quantitative estimate of drug-likeness (QED) is 0.127. The molecule has 0 heterocycles. The lowest BCUT2D eigenvalue weighted by Gasteiger charge is -2.10. The number of aliphatic hydroxyl groups excluding tert-OH is 1. The van der Waals surface area contributed by atoms with Gasteiger partial charge in [0.25, 0.3) is 0 Å². The number of hydrogen-bond donors (Lipinski definition) is 7. The number of carbonyl (C=O) groups excluding carboxylic acids is 6. The number of Topliss-reactive ketones (excluding diaryl/α,β-unsaturated/α-hetero) is 6. The van der Waals surface area contributed by atoms with Crippen LogP contribution in [-0.4, -0.2) is 88.2 Å². The van der Waals surface area contributed by atoms with Gasteiger partial charge in [0.1, 0.15) is 11.6 Å². The Kier molecular flexibility index (Phi) is 34.0. The van der Waals surface area contributed by atoms with E-state index < -0.39 is 24.1 Å². The Morgan fingerprint density at radius 2 is 0.826 bits per heavy atom. The van der Waals surface area contributed by atoms with Crippen molar-refractivity contribution in [1.29, 1.82) is 0 Å². The van der Waals surface area contributed by atoms with Crippen LogP contribution in [0.5, 0.6) is 0 Å². The molecule has 0 rings (SSSR count). The predicted octanol–water partition coefficient (Wildman–Crippen LogP) is 0.791. The van der Waals surface area contributed by atoms with Gasteiger partial charge in [0, 0.05) is 36.0 Å². The van der Waals surface area contributed by atoms with E-state index in [1.165, 1.54) is 6.92 Å². The molecule has 0 aliphatic rings. The topological polar surface area (TPSA) is 290 Å². The average Bonchev–Trinajstić information content (AvgIpc) is 2.94. The molecule has 0 saturated heterocycles. The SMILES string of the molecule is CC(=O)C[C@@H](N)C(=O)C(C)C.CC(C)C(=O)CN.CC(C)C(=O)[C@H](C)N.CC(C)C(=O)[C@H](N)CC(=O)O.CC(C)C(=O)[C@H](N)CO. The smallest absolute Gasteiger partial charge is 0.305 e. The molecule has 0 spiro atoms. The van der Waals surface area contributed by atoms with Crippen molar-refractivity contribution >= 4 is 40.7 Å². The number of ketones is 6. The molecule has 272 valence electrons. The molecular weight excluding hydrogens is 598 g/mol. The molecule has 0 amide bonds. The fourth-order valence-corrected chi connectivity index (χ4v) is 2.83. The summed E-state index contributed by atoms with van der Waals surface area (Å²) in [6.45, 7) is 20.9. The number of aliphatic carboxylic acids is 1. The Bertz CT molecular complexity index is 870. The largest absolute Gasteiger partial charge is 0.481 e. The summed E-state index contributed by atoms with van der Waals surface area (Å²) in [6, 6.07) is -2.44. The second-order valence-electron chi connectivity index (χ2n) is 12.3. The van der Waals surface area contributed by atoms with Crippen LogP contribution in [0.2, 0.25) is 0 Å². The van der Waals surface area contributed by atoms with Gasteiger partial charge in [0.15, 0.2) is 23.1 Å². The molecular formula is C32H65N5O9. The van der Waals surface area contributed by atoms with Gasteiger partial charge in [0.05, 0.1) is 43.7 Å². The van der Waals surface area contributed by atoms with Gasteiger partial charge in [-0.2, -0.15) is 0 Å². The summed E-state index contributed by atoms with van der Waals surface area (Å²) in [7, 11) is 0. The van der Waals surface area contributed by atoms with Crippen LogP contribution in [0, 0.1) is 29.6 Å². The van der Waals surface area contributed by atoms with E-state index in [9.17, 15) is 33.6 Å². The van der Waals surface area contributed by atoms with Crippen molar-refractivity contribution in [3.63, 3.8) is 0 Å². The maximum Gasteiger partial charge on any atom is 0.305 e. The first-order valence-corrected chi connectivity index (χ1v) is 15.4. The third kappa shape index (κ3) is 32.6. The number of carbonyl (C=O) groups is 7. The Morgan fingerprint density at radius 3 is 0.957 bits per heavy atom. The highest BCUT2D eigenvalue weighted by atomic mass is 16.4. The van der Waals surface area contributed by atoms with Crippen molar-refractivity contribution in [2.45, 2.75) is 120 Å². The molecule has 14 nitrogen and oxygen atoms in total. The van der Waals surface area contributed by atoms with Crippen molar-refractivity contribution in [3.05, 3.63) is 0 Å². The Morgan fingerprint density at radius 1 is 0.522 bits per heavy atom. The van der Waals surface area contributed by atoms with Crippen LogP contribution in [0.1, 0.15) is 95.9 Å². The van der Waals surface area contributed by atoms with E-state index in [-0.39, 0.29) is 96.3 Å². The van der Waals surface area contributed by atoms with Crippen LogP contribution >= 0.6 is 0 Å². The summed E-state index contributed by atoms with van der Waals surface area (Å²) >= 11 is 0. The van der Waals surface area contributed by atoms with E-state index in [4.69, 9.17) is 38.9 Å². The highest BCUT2D eigenvalue weighted by molar-refractivity contribution is 5.90. The lowest BCUT2D eigenvalue weighted by molar-refractivity contribution is -0.139. The molecule has 0 aromatic heterocycles. The van der Waals surface area contributed by atoms with E-state index in [0.29, 0.717) is 0 Å². The number of hydrogen-bond acceptors (Lipinski definition) is 13. The van der Waals surface area contributed by atoms with Crippen LogP contribution in [-0.2, 0) is 33.6 Å². The number of carboxylic acids is 1. The standard InChI is InChI=1S/C8H15NO2.C7H13NO3.C6H13NO2.C6H13NO.C5H11NO/c1-5(2)8(11)7(9)4-6(3)10;1-4(2)7(11)5(8)3-6(9)10;1-4(2)6(9)5(7)3-8;1-4(2)6(8)5(3)7;1-4(2)5(7)3-6/h5,7H,4,9H2,1-3H3;4-5H,3,8H2,1-2H3,(H,9,10);4-5,8H,3,7H2,1-2H3;4-5H,7H2,1-3H3;4H,3,6H2,1-2H3/t7-;3*5-;/m1110./s1. The molecule has 0 aliphatic carbocycles. The molecule has 0 unspecified atom stereocenters. The second-order valence-corrected chi connectivity index (χ2v) is 12.3. The molecule has 0 bridgehead atoms. The van der Waals surface area contributed by atoms with Crippen molar-refractivity contribution in [3.8, 4) is 0 Å². The number of aliphatic hydroxyl groups is 1. The first-order valence-electron chi connectivity index (χ1n) is 15.4. The monoisotopic (exact) mass is 663 g/mol. The van der Waals surface area contributed by atoms with Gasteiger partial charge in [-0.25, -0.2) is 0 Å². The molecule has 0 aromatic carbocycles. The molecule has 0 aliphatic heterocycles. The van der Waals surface area contributed by atoms with Gasteiger partial charge in [-0.1, -0.05) is 69.2 Å². The molecule has 12 N–H and O–H groups in total. The van der Waals surface area contributed by atoms with Crippen molar-refractivity contribution in [2.75, 3.05) is 13.2 Å². The summed E-state index contributed by atoms with van der Waals surface area (Å²) in [5, 5.41) is 16.7. The lowest BCUT2D eigenvalue weighted by Crippen LogP contribution is -2.36. The fraction of sp³-hybridized carbons (Fsp3) is 0.781. The highest BCUT2D eigenvalue weighted by Gasteiger charge is 2.19. The molecule has 0 saturated carbocycles. The van der Waals surface area contributed by atoms with E-state index in [1.54, 1.807) is 48.5 Å². The number of rotatable bonds is 15. The number of carboxylic acid groups (broad SMARTS) is 1. The van der Waals surface area contributed by atoms with E-state index in [0.717, 1.165) is 0 Å². The minimum atomic E-state index is -1.04. The van der Waals surface area contributed by atoms with Crippen LogP contribution < -0.4 is 28.7 Å². The van der Waals surface area contributed by atoms with Gasteiger partial charge in [0.2, 0.25) is 0 Å². The minimum Gasteiger partial charge on any atom is -0.481 e. The maximum absolute atomic E-state index is 11.1. The maximum atomic E-state index is 11.1. The summed E-state index contributed by atoms with van der Waals surface area (Å²) in [6.07, 6.45) is -0.117. The van der Waals surface area contributed by atoms with Crippen LogP contribution in [0.25, 0.3) is 0 Å². The molecule has 0 radical (unpaired) electrons. The van der Waals surface area contributed by atoms with Crippen molar-refractivity contribution in [2.24, 2.45) is 58.3 Å². The Balaban J connectivity index is -0.000000154. The molecule has 4 atom stereocenters. The predicted molar refractivity (Wildman–Crippen MR) is 180 cm³/mol. The normalized spacial score (nSPS) is 12.9. The Hall–Kier alpha value is -2.75.